The second kappa shape index (κ2) is 6.78. The molecule has 1 aromatic rings. The lowest BCUT2D eigenvalue weighted by Crippen LogP contribution is -2.36. The van der Waals surface area contributed by atoms with Crippen molar-refractivity contribution in [1.29, 1.82) is 0 Å². The third-order valence-electron chi connectivity index (χ3n) is 2.03. The van der Waals surface area contributed by atoms with Crippen LogP contribution in [0.4, 0.5) is 10.5 Å². The van der Waals surface area contributed by atoms with Gasteiger partial charge in [0.05, 0.1) is 21.4 Å². The molecule has 0 fully saturated rings. The van der Waals surface area contributed by atoms with Gasteiger partial charge in [0.15, 0.2) is 0 Å². The van der Waals surface area contributed by atoms with Crippen molar-refractivity contribution in [1.82, 2.24) is 10.3 Å². The molecule has 0 spiro atoms. The number of rotatable bonds is 4. The lowest BCUT2D eigenvalue weighted by Gasteiger charge is -2.14. The minimum Gasteiger partial charge on any atom is -0.396 e. The van der Waals surface area contributed by atoms with E-state index in [0.717, 1.165) is 0 Å². The number of halogens is 2. The standard InChI is InChI=1S/C10H13BrClN3O2/c1-6(2-3-16)14-10(17)15-8-5-13-4-7(11)9(8)12/h4-6,16H,2-3H2,1H3,(H2,14,15,17). The van der Waals surface area contributed by atoms with Gasteiger partial charge in [0, 0.05) is 18.8 Å². The zero-order chi connectivity index (χ0) is 12.8. The van der Waals surface area contributed by atoms with Crippen LogP contribution in [0.15, 0.2) is 16.9 Å². The first-order valence-electron chi connectivity index (χ1n) is 5.02. The maximum absolute atomic E-state index is 11.6. The van der Waals surface area contributed by atoms with Crippen molar-refractivity contribution < 1.29 is 9.90 Å². The minimum absolute atomic E-state index is 0.0284. The number of pyridine rings is 1. The number of urea groups is 1. The maximum atomic E-state index is 11.6. The molecule has 0 bridgehead atoms. The van der Waals surface area contributed by atoms with Gasteiger partial charge in [0.25, 0.3) is 0 Å². The molecule has 1 atom stereocenters. The lowest BCUT2D eigenvalue weighted by molar-refractivity contribution is 0.241. The van der Waals surface area contributed by atoms with Crippen LogP contribution in [0, 0.1) is 0 Å². The zero-order valence-electron chi connectivity index (χ0n) is 9.20. The van der Waals surface area contributed by atoms with Gasteiger partial charge in [-0.1, -0.05) is 11.6 Å². The van der Waals surface area contributed by atoms with Crippen molar-refractivity contribution in [3.05, 3.63) is 21.9 Å². The molecule has 0 aliphatic rings. The first kappa shape index (κ1) is 14.2. The van der Waals surface area contributed by atoms with E-state index in [9.17, 15) is 4.79 Å². The Balaban J connectivity index is 2.59. The largest absolute Gasteiger partial charge is 0.396 e. The van der Waals surface area contributed by atoms with Gasteiger partial charge < -0.3 is 15.7 Å². The Morgan fingerprint density at radius 2 is 2.35 bits per heavy atom. The van der Waals surface area contributed by atoms with Gasteiger partial charge in [-0.05, 0) is 29.3 Å². The molecule has 7 heteroatoms. The quantitative estimate of drug-likeness (QED) is 0.797. The Hall–Kier alpha value is -0.850. The fourth-order valence-corrected chi connectivity index (χ4v) is 1.63. The predicted molar refractivity (Wildman–Crippen MR) is 70.3 cm³/mol. The molecular weight excluding hydrogens is 309 g/mol. The number of hydrogen-bond acceptors (Lipinski definition) is 3. The van der Waals surface area contributed by atoms with Gasteiger partial charge in [-0.15, -0.1) is 0 Å². The van der Waals surface area contributed by atoms with Crippen LogP contribution in [0.2, 0.25) is 5.02 Å². The molecule has 0 saturated heterocycles. The van der Waals surface area contributed by atoms with Crippen LogP contribution >= 0.6 is 27.5 Å². The Kier molecular flexibility index (Phi) is 5.67. The number of amides is 2. The third-order valence-corrected chi connectivity index (χ3v) is 3.26. The third kappa shape index (κ3) is 4.49. The number of carbonyl (C=O) groups is 1. The van der Waals surface area contributed by atoms with Crippen molar-refractivity contribution >= 4 is 39.2 Å². The van der Waals surface area contributed by atoms with Gasteiger partial charge in [-0.3, -0.25) is 4.98 Å². The molecule has 0 radical (unpaired) electrons. The van der Waals surface area contributed by atoms with E-state index in [1.165, 1.54) is 6.20 Å². The summed E-state index contributed by atoms with van der Waals surface area (Å²) in [7, 11) is 0. The van der Waals surface area contributed by atoms with Crippen LogP contribution in [-0.4, -0.2) is 28.8 Å². The fourth-order valence-electron chi connectivity index (χ4n) is 1.15. The average molecular weight is 323 g/mol. The van der Waals surface area contributed by atoms with Crippen LogP contribution in [0.5, 0.6) is 0 Å². The summed E-state index contributed by atoms with van der Waals surface area (Å²) in [4.78, 5) is 15.5. The summed E-state index contributed by atoms with van der Waals surface area (Å²) in [5, 5.41) is 14.4. The highest BCUT2D eigenvalue weighted by Gasteiger charge is 2.10. The van der Waals surface area contributed by atoms with E-state index in [-0.39, 0.29) is 18.7 Å². The van der Waals surface area contributed by atoms with E-state index >= 15 is 0 Å². The van der Waals surface area contributed by atoms with Crippen molar-refractivity contribution in [2.24, 2.45) is 0 Å². The van der Waals surface area contributed by atoms with E-state index in [1.807, 2.05) is 0 Å². The predicted octanol–water partition coefficient (Wildman–Crippen LogP) is 2.39. The van der Waals surface area contributed by atoms with Gasteiger partial charge in [-0.2, -0.15) is 0 Å². The SMILES string of the molecule is CC(CCO)NC(=O)Nc1cncc(Br)c1Cl. The number of nitrogens with zero attached hydrogens (tertiary/aromatic N) is 1. The molecule has 94 valence electrons. The second-order valence-electron chi connectivity index (χ2n) is 3.49. The molecule has 1 aromatic heterocycles. The molecule has 0 saturated carbocycles. The lowest BCUT2D eigenvalue weighted by atomic mass is 10.2. The first-order valence-corrected chi connectivity index (χ1v) is 6.19. The fraction of sp³-hybridized carbons (Fsp3) is 0.400. The van der Waals surface area contributed by atoms with Gasteiger partial charge in [-0.25, -0.2) is 4.79 Å². The highest BCUT2D eigenvalue weighted by molar-refractivity contribution is 9.10. The monoisotopic (exact) mass is 321 g/mol. The van der Waals surface area contributed by atoms with Crippen molar-refractivity contribution in [2.45, 2.75) is 19.4 Å². The van der Waals surface area contributed by atoms with E-state index in [4.69, 9.17) is 16.7 Å². The molecule has 3 N–H and O–H groups in total. The number of aliphatic hydroxyl groups excluding tert-OH is 1. The number of hydrogen-bond donors (Lipinski definition) is 3. The molecule has 2 amide bonds. The van der Waals surface area contributed by atoms with Gasteiger partial charge in [0.2, 0.25) is 0 Å². The minimum atomic E-state index is -0.382. The number of aliphatic hydroxyl groups is 1. The van der Waals surface area contributed by atoms with Crippen LogP contribution in [-0.2, 0) is 0 Å². The molecule has 17 heavy (non-hydrogen) atoms. The smallest absolute Gasteiger partial charge is 0.319 e. The molecule has 0 aromatic carbocycles. The van der Waals surface area contributed by atoms with Crippen molar-refractivity contribution in [2.75, 3.05) is 11.9 Å². The summed E-state index contributed by atoms with van der Waals surface area (Å²) < 4.78 is 0.611. The Morgan fingerprint density at radius 3 is 3.00 bits per heavy atom. The van der Waals surface area contributed by atoms with Crippen LogP contribution in [0.3, 0.4) is 0 Å². The molecule has 0 aliphatic heterocycles. The summed E-state index contributed by atoms with van der Waals surface area (Å²) in [5.41, 5.74) is 0.426. The van der Waals surface area contributed by atoms with E-state index < -0.39 is 0 Å². The van der Waals surface area contributed by atoms with E-state index in [0.29, 0.717) is 21.6 Å². The topological polar surface area (TPSA) is 74.2 Å². The number of aromatic nitrogens is 1. The first-order chi connectivity index (χ1) is 8.04. The molecule has 1 heterocycles. The van der Waals surface area contributed by atoms with E-state index in [2.05, 4.69) is 31.5 Å². The molecule has 1 rings (SSSR count). The summed E-state index contributed by atoms with van der Waals surface area (Å²) >= 11 is 9.18. The molecule has 0 aliphatic carbocycles. The average Bonchev–Trinajstić information content (AvgIpc) is 2.25. The van der Waals surface area contributed by atoms with Crippen LogP contribution in [0.1, 0.15) is 13.3 Å². The van der Waals surface area contributed by atoms with Gasteiger partial charge >= 0.3 is 6.03 Å². The Morgan fingerprint density at radius 1 is 1.65 bits per heavy atom. The number of anilines is 1. The summed E-state index contributed by atoms with van der Waals surface area (Å²) in [5.74, 6) is 0. The summed E-state index contributed by atoms with van der Waals surface area (Å²) in [6.45, 7) is 1.83. The number of nitrogens with one attached hydrogen (secondary N) is 2. The highest BCUT2D eigenvalue weighted by Crippen LogP contribution is 2.28. The molecule has 1 unspecified atom stereocenters. The molecular formula is C10H13BrClN3O2. The molecule has 5 nitrogen and oxygen atoms in total. The van der Waals surface area contributed by atoms with Crippen LogP contribution < -0.4 is 10.6 Å². The van der Waals surface area contributed by atoms with Gasteiger partial charge in [0.1, 0.15) is 0 Å². The summed E-state index contributed by atoms with van der Waals surface area (Å²) in [6, 6.07) is -0.494. The van der Waals surface area contributed by atoms with Crippen LogP contribution in [0.25, 0.3) is 0 Å². The second-order valence-corrected chi connectivity index (χ2v) is 4.73. The normalized spacial score (nSPS) is 12.0. The van der Waals surface area contributed by atoms with E-state index in [1.54, 1.807) is 13.1 Å². The number of carbonyl (C=O) groups excluding carboxylic acids is 1. The zero-order valence-corrected chi connectivity index (χ0v) is 11.5. The van der Waals surface area contributed by atoms with Crippen molar-refractivity contribution in [3.8, 4) is 0 Å². The summed E-state index contributed by atoms with van der Waals surface area (Å²) in [6.07, 6.45) is 3.50. The Labute approximate surface area is 113 Å². The van der Waals surface area contributed by atoms with Crippen molar-refractivity contribution in [3.63, 3.8) is 0 Å². The Bertz CT molecular complexity index is 403. The maximum Gasteiger partial charge on any atom is 0.319 e. The highest BCUT2D eigenvalue weighted by atomic mass is 79.9.